The van der Waals surface area contributed by atoms with Crippen LogP contribution in [0.3, 0.4) is 0 Å². The van der Waals surface area contributed by atoms with Gasteiger partial charge in [-0.3, -0.25) is 9.69 Å². The number of carbonyl (C=O) groups excluding carboxylic acids is 1. The van der Waals surface area contributed by atoms with Gasteiger partial charge < -0.3 is 15.0 Å². The van der Waals surface area contributed by atoms with Crippen LogP contribution < -0.4 is 10.1 Å². The van der Waals surface area contributed by atoms with Gasteiger partial charge in [-0.2, -0.15) is 13.2 Å². The van der Waals surface area contributed by atoms with E-state index >= 15 is 0 Å². The molecule has 1 fully saturated rings. The molecule has 45 heavy (non-hydrogen) atoms. The third-order valence-electron chi connectivity index (χ3n) is 7.66. The Morgan fingerprint density at radius 3 is 2.31 bits per heavy atom. The number of rotatable bonds is 5. The summed E-state index contributed by atoms with van der Waals surface area (Å²) in [5.74, 6) is 6.35. The van der Waals surface area contributed by atoms with Gasteiger partial charge in [0.15, 0.2) is 0 Å². The number of nitrogens with one attached hydrogen (secondary N) is 1. The number of fused-ring (bicyclic) bond motifs is 1. The van der Waals surface area contributed by atoms with Gasteiger partial charge in [0.1, 0.15) is 5.60 Å². The van der Waals surface area contributed by atoms with Gasteiger partial charge in [0.2, 0.25) is 5.88 Å². The molecular weight excluding hydrogens is 577 g/mol. The number of carbonyl (C=O) groups is 1. The van der Waals surface area contributed by atoms with Crippen LogP contribution in [0, 0.1) is 18.8 Å². The maximum absolute atomic E-state index is 14.1. The summed E-state index contributed by atoms with van der Waals surface area (Å²) >= 11 is 0. The van der Waals surface area contributed by atoms with Crippen LogP contribution in [0.25, 0.3) is 10.8 Å². The number of halogens is 3. The highest BCUT2D eigenvalue weighted by Gasteiger charge is 2.34. The van der Waals surface area contributed by atoms with Crippen LogP contribution in [0.15, 0.2) is 66.9 Å². The maximum atomic E-state index is 14.1. The van der Waals surface area contributed by atoms with E-state index in [1.54, 1.807) is 24.4 Å². The van der Waals surface area contributed by atoms with Gasteiger partial charge in [-0.15, -0.1) is 0 Å². The summed E-state index contributed by atoms with van der Waals surface area (Å²) in [7, 11) is 2.00. The Balaban J connectivity index is 1.37. The topological polar surface area (TPSA) is 57.7 Å². The van der Waals surface area contributed by atoms with Crippen molar-refractivity contribution in [1.29, 1.82) is 0 Å². The summed E-state index contributed by atoms with van der Waals surface area (Å²) in [6, 6.07) is 16.8. The molecule has 1 aromatic heterocycles. The van der Waals surface area contributed by atoms with E-state index in [4.69, 9.17) is 4.74 Å². The van der Waals surface area contributed by atoms with Gasteiger partial charge in [0.05, 0.1) is 11.1 Å². The largest absolute Gasteiger partial charge is 0.471 e. The SMILES string of the molecule is Cc1ccc(C(=O)Nc2ccc(CN3CCN(C)CC3)c(C(F)(F)F)c2)cc1C#Cc1cnc(OC(C)(C)C)c2ccccc12. The number of aromatic nitrogens is 1. The van der Waals surface area contributed by atoms with E-state index in [1.165, 1.54) is 12.1 Å². The first-order valence-corrected chi connectivity index (χ1v) is 14.9. The Kier molecular flexibility index (Phi) is 9.19. The van der Waals surface area contributed by atoms with Crippen molar-refractivity contribution in [3.63, 3.8) is 0 Å². The van der Waals surface area contributed by atoms with Gasteiger partial charge in [0.25, 0.3) is 5.91 Å². The highest BCUT2D eigenvalue weighted by Crippen LogP contribution is 2.35. The van der Waals surface area contributed by atoms with E-state index in [9.17, 15) is 18.0 Å². The van der Waals surface area contributed by atoms with Crippen molar-refractivity contribution in [2.45, 2.75) is 46.0 Å². The Morgan fingerprint density at radius 2 is 1.62 bits per heavy atom. The van der Waals surface area contributed by atoms with E-state index in [0.29, 0.717) is 30.1 Å². The lowest BCUT2D eigenvalue weighted by Crippen LogP contribution is -2.44. The van der Waals surface area contributed by atoms with Crippen LogP contribution in [0.1, 0.15) is 58.9 Å². The molecule has 0 radical (unpaired) electrons. The fourth-order valence-electron chi connectivity index (χ4n) is 5.18. The maximum Gasteiger partial charge on any atom is 0.416 e. The van der Waals surface area contributed by atoms with E-state index < -0.39 is 23.2 Å². The van der Waals surface area contributed by atoms with Crippen LogP contribution in [0.2, 0.25) is 0 Å². The molecule has 0 atom stereocenters. The Bertz CT molecular complexity index is 1780. The smallest absolute Gasteiger partial charge is 0.416 e. The van der Waals surface area contributed by atoms with Gasteiger partial charge in [-0.1, -0.05) is 42.2 Å². The molecule has 1 saturated heterocycles. The minimum Gasteiger partial charge on any atom is -0.471 e. The third-order valence-corrected chi connectivity index (χ3v) is 7.66. The van der Waals surface area contributed by atoms with Crippen LogP contribution >= 0.6 is 0 Å². The van der Waals surface area contributed by atoms with E-state index in [0.717, 1.165) is 35.5 Å². The normalized spacial score (nSPS) is 14.6. The summed E-state index contributed by atoms with van der Waals surface area (Å²) in [5.41, 5.74) is 1.60. The fraction of sp³-hybridized carbons (Fsp3) is 0.333. The molecule has 0 spiro atoms. The molecule has 9 heteroatoms. The first-order chi connectivity index (χ1) is 21.3. The average molecular weight is 615 g/mol. The number of ether oxygens (including phenoxy) is 1. The number of aryl methyl sites for hydroxylation is 1. The van der Waals surface area contributed by atoms with Crippen LogP contribution in [-0.4, -0.2) is 59.5 Å². The van der Waals surface area contributed by atoms with Crippen molar-refractivity contribution in [2.24, 2.45) is 0 Å². The fourth-order valence-corrected chi connectivity index (χ4v) is 5.18. The van der Waals surface area contributed by atoms with Crippen molar-refractivity contribution in [3.05, 3.63) is 100 Å². The summed E-state index contributed by atoms with van der Waals surface area (Å²) in [4.78, 5) is 21.9. The van der Waals surface area contributed by atoms with Crippen LogP contribution in [0.5, 0.6) is 5.88 Å². The number of alkyl halides is 3. The zero-order valence-corrected chi connectivity index (χ0v) is 26.2. The lowest BCUT2D eigenvalue weighted by atomic mass is 10.0. The molecule has 234 valence electrons. The number of pyridine rings is 1. The summed E-state index contributed by atoms with van der Waals surface area (Å²) in [6.07, 6.45) is -2.88. The quantitative estimate of drug-likeness (QED) is 0.242. The molecule has 0 saturated carbocycles. The Labute approximate surface area is 262 Å². The molecule has 1 amide bonds. The molecule has 2 heterocycles. The van der Waals surface area contributed by atoms with Gasteiger partial charge in [-0.25, -0.2) is 4.98 Å². The van der Waals surface area contributed by atoms with Crippen LogP contribution in [0.4, 0.5) is 18.9 Å². The van der Waals surface area contributed by atoms with Gasteiger partial charge in [-0.05, 0) is 76.2 Å². The average Bonchev–Trinajstić information content (AvgIpc) is 2.98. The zero-order valence-electron chi connectivity index (χ0n) is 26.2. The molecule has 6 nitrogen and oxygen atoms in total. The van der Waals surface area contributed by atoms with Crippen molar-refractivity contribution in [2.75, 3.05) is 38.5 Å². The lowest BCUT2D eigenvalue weighted by molar-refractivity contribution is -0.138. The molecule has 0 unspecified atom stereocenters. The predicted octanol–water partition coefficient (Wildman–Crippen LogP) is 7.14. The first kappa shape index (κ1) is 32.0. The van der Waals surface area contributed by atoms with E-state index in [2.05, 4.69) is 27.0 Å². The molecule has 0 bridgehead atoms. The number of piperazine rings is 1. The molecule has 1 N–H and O–H groups in total. The highest BCUT2D eigenvalue weighted by atomic mass is 19.4. The molecule has 4 aromatic rings. The standard InChI is InChI=1S/C36H37F3N4O2/c1-24-10-11-26(20-25(24)12-13-27-22-40-34(45-35(2,3)4)31-9-7-6-8-30(27)31)33(44)41-29-15-14-28(32(21-29)36(37,38)39)23-43-18-16-42(5)17-19-43/h6-11,14-15,20-22H,16-19,23H2,1-5H3,(H,41,44). The molecule has 1 aliphatic rings. The molecule has 1 aliphatic heterocycles. The van der Waals surface area contributed by atoms with Crippen molar-refractivity contribution in [3.8, 4) is 17.7 Å². The molecular formula is C36H37F3N4O2. The number of likely N-dealkylation sites (N-methyl/N-ethyl adjacent to an activating group) is 1. The van der Waals surface area contributed by atoms with Crippen molar-refractivity contribution in [1.82, 2.24) is 14.8 Å². The number of hydrogen-bond acceptors (Lipinski definition) is 5. The number of amides is 1. The van der Waals surface area contributed by atoms with Crippen molar-refractivity contribution >= 4 is 22.4 Å². The Hall–Kier alpha value is -4.39. The number of anilines is 1. The number of nitrogens with zero attached hydrogens (tertiary/aromatic N) is 3. The minimum atomic E-state index is -4.55. The molecule has 3 aromatic carbocycles. The minimum absolute atomic E-state index is 0.0813. The monoisotopic (exact) mass is 614 g/mol. The summed E-state index contributed by atoms with van der Waals surface area (Å²) < 4.78 is 48.2. The summed E-state index contributed by atoms with van der Waals surface area (Å²) in [5, 5.41) is 4.38. The lowest BCUT2D eigenvalue weighted by Gasteiger charge is -2.33. The van der Waals surface area contributed by atoms with E-state index in [-0.39, 0.29) is 23.4 Å². The highest BCUT2D eigenvalue weighted by molar-refractivity contribution is 6.04. The second-order valence-corrected chi connectivity index (χ2v) is 12.4. The van der Waals surface area contributed by atoms with E-state index in [1.807, 2.05) is 63.9 Å². The van der Waals surface area contributed by atoms with Crippen molar-refractivity contribution < 1.29 is 22.7 Å². The van der Waals surface area contributed by atoms with Gasteiger partial charge >= 0.3 is 6.18 Å². The molecule has 5 rings (SSSR count). The Morgan fingerprint density at radius 1 is 0.933 bits per heavy atom. The number of hydrogen-bond donors (Lipinski definition) is 1. The van der Waals surface area contributed by atoms with Crippen LogP contribution in [-0.2, 0) is 12.7 Å². The van der Waals surface area contributed by atoms with Gasteiger partial charge in [0, 0.05) is 66.5 Å². The molecule has 0 aliphatic carbocycles. The third kappa shape index (κ3) is 8.01. The zero-order chi connectivity index (χ0) is 32.4. The summed E-state index contributed by atoms with van der Waals surface area (Å²) in [6.45, 7) is 11.0. The first-order valence-electron chi connectivity index (χ1n) is 14.9. The number of benzene rings is 3. The second-order valence-electron chi connectivity index (χ2n) is 12.4. The predicted molar refractivity (Wildman–Crippen MR) is 171 cm³/mol. The second kappa shape index (κ2) is 12.9.